The first kappa shape index (κ1) is 21.0. The van der Waals surface area contributed by atoms with E-state index in [9.17, 15) is 4.79 Å². The van der Waals surface area contributed by atoms with Crippen LogP contribution in [0.15, 0.2) is 36.5 Å². The Labute approximate surface area is 188 Å². The van der Waals surface area contributed by atoms with Crippen molar-refractivity contribution >= 4 is 5.91 Å². The molecule has 3 aliphatic heterocycles. The van der Waals surface area contributed by atoms with E-state index >= 15 is 0 Å². The van der Waals surface area contributed by atoms with Gasteiger partial charge in [0.25, 0.3) is 5.91 Å². The van der Waals surface area contributed by atoms with Crippen molar-refractivity contribution in [2.75, 3.05) is 53.2 Å². The first-order chi connectivity index (χ1) is 15.7. The number of benzene rings is 1. The van der Waals surface area contributed by atoms with E-state index in [2.05, 4.69) is 26.9 Å². The molecular formula is C24H30N4O4. The molecule has 8 heteroatoms. The first-order valence-electron chi connectivity index (χ1n) is 11.3. The Hall–Kier alpha value is -2.84. The SMILES string of the molecule is COc1ncccc1C(=O)N1CCC[C@@H](N2CCN(Cc3ccc4c(c3)OCO4)CC2)C1. The average Bonchev–Trinajstić information content (AvgIpc) is 3.32. The number of likely N-dealkylation sites (tertiary alicyclic amines) is 1. The van der Waals surface area contributed by atoms with Crippen LogP contribution in [0.2, 0.25) is 0 Å². The summed E-state index contributed by atoms with van der Waals surface area (Å²) in [4.78, 5) is 24.3. The Morgan fingerprint density at radius 3 is 2.81 bits per heavy atom. The van der Waals surface area contributed by atoms with Crippen LogP contribution in [0, 0.1) is 0 Å². The van der Waals surface area contributed by atoms with E-state index in [4.69, 9.17) is 14.2 Å². The Morgan fingerprint density at radius 2 is 1.97 bits per heavy atom. The molecule has 0 radical (unpaired) electrons. The molecule has 0 N–H and O–H groups in total. The lowest BCUT2D eigenvalue weighted by atomic mass is 10.0. The van der Waals surface area contributed by atoms with Crippen molar-refractivity contribution < 1.29 is 19.0 Å². The third kappa shape index (κ3) is 4.38. The number of pyridine rings is 1. The van der Waals surface area contributed by atoms with Crippen molar-refractivity contribution in [2.45, 2.75) is 25.4 Å². The van der Waals surface area contributed by atoms with Crippen molar-refractivity contribution in [1.29, 1.82) is 0 Å². The summed E-state index contributed by atoms with van der Waals surface area (Å²) >= 11 is 0. The van der Waals surface area contributed by atoms with E-state index < -0.39 is 0 Å². The number of ether oxygens (including phenoxy) is 3. The molecular weight excluding hydrogens is 408 g/mol. The number of carbonyl (C=O) groups is 1. The molecule has 2 aromatic rings. The van der Waals surface area contributed by atoms with Gasteiger partial charge in [-0.05, 0) is 42.7 Å². The van der Waals surface area contributed by atoms with E-state index in [1.807, 2.05) is 11.0 Å². The zero-order chi connectivity index (χ0) is 21.9. The highest BCUT2D eigenvalue weighted by atomic mass is 16.7. The molecule has 5 rings (SSSR count). The highest BCUT2D eigenvalue weighted by molar-refractivity contribution is 5.96. The monoisotopic (exact) mass is 438 g/mol. The van der Waals surface area contributed by atoms with Gasteiger partial charge in [0.05, 0.1) is 7.11 Å². The number of hydrogen-bond donors (Lipinski definition) is 0. The molecule has 0 aliphatic carbocycles. The van der Waals surface area contributed by atoms with Crippen molar-refractivity contribution in [3.63, 3.8) is 0 Å². The number of methoxy groups -OCH3 is 1. The van der Waals surface area contributed by atoms with Crippen LogP contribution in [0.25, 0.3) is 0 Å². The minimum atomic E-state index is 0.0149. The quantitative estimate of drug-likeness (QED) is 0.709. The zero-order valence-electron chi connectivity index (χ0n) is 18.5. The van der Waals surface area contributed by atoms with Gasteiger partial charge in [0, 0.05) is 58.1 Å². The van der Waals surface area contributed by atoms with Gasteiger partial charge in [0.15, 0.2) is 11.5 Å². The molecule has 4 heterocycles. The third-order valence-corrected chi connectivity index (χ3v) is 6.65. The van der Waals surface area contributed by atoms with E-state index in [1.54, 1.807) is 25.4 Å². The molecule has 1 amide bonds. The van der Waals surface area contributed by atoms with Crippen LogP contribution < -0.4 is 14.2 Å². The minimum absolute atomic E-state index is 0.0149. The smallest absolute Gasteiger partial charge is 0.259 e. The Balaban J connectivity index is 1.15. The van der Waals surface area contributed by atoms with E-state index in [0.29, 0.717) is 24.3 Å². The van der Waals surface area contributed by atoms with Gasteiger partial charge >= 0.3 is 0 Å². The second-order valence-electron chi connectivity index (χ2n) is 8.61. The van der Waals surface area contributed by atoms with E-state index in [0.717, 1.165) is 70.2 Å². The van der Waals surface area contributed by atoms with E-state index in [-0.39, 0.29) is 5.91 Å². The number of piperidine rings is 1. The Bertz CT molecular complexity index is 961. The average molecular weight is 439 g/mol. The molecule has 1 aromatic carbocycles. The molecule has 170 valence electrons. The molecule has 0 spiro atoms. The number of hydrogen-bond acceptors (Lipinski definition) is 7. The predicted molar refractivity (Wildman–Crippen MR) is 119 cm³/mol. The number of rotatable bonds is 5. The number of nitrogens with zero attached hydrogens (tertiary/aromatic N) is 4. The van der Waals surface area contributed by atoms with Crippen molar-refractivity contribution in [3.8, 4) is 17.4 Å². The van der Waals surface area contributed by atoms with Gasteiger partial charge in [-0.2, -0.15) is 0 Å². The summed E-state index contributed by atoms with van der Waals surface area (Å²) in [6.07, 6.45) is 3.81. The van der Waals surface area contributed by atoms with Gasteiger partial charge in [0.1, 0.15) is 5.56 Å². The molecule has 1 atom stereocenters. The predicted octanol–water partition coefficient (Wildman–Crippen LogP) is 2.24. The number of aromatic nitrogens is 1. The maximum Gasteiger partial charge on any atom is 0.259 e. The fraction of sp³-hybridized carbons (Fsp3) is 0.500. The molecule has 3 aliphatic rings. The number of carbonyl (C=O) groups excluding carboxylic acids is 1. The van der Waals surface area contributed by atoms with Crippen LogP contribution in [-0.4, -0.2) is 84.8 Å². The maximum absolute atomic E-state index is 13.1. The summed E-state index contributed by atoms with van der Waals surface area (Å²) in [5, 5.41) is 0. The lowest BCUT2D eigenvalue weighted by Crippen LogP contribution is -2.55. The van der Waals surface area contributed by atoms with Crippen molar-refractivity contribution in [3.05, 3.63) is 47.7 Å². The van der Waals surface area contributed by atoms with Gasteiger partial charge in [-0.25, -0.2) is 4.98 Å². The van der Waals surface area contributed by atoms with Gasteiger partial charge in [0.2, 0.25) is 12.7 Å². The molecule has 2 saturated heterocycles. The van der Waals surface area contributed by atoms with Crippen LogP contribution in [0.3, 0.4) is 0 Å². The summed E-state index contributed by atoms with van der Waals surface area (Å²) in [6.45, 7) is 6.87. The molecule has 0 unspecified atom stereocenters. The van der Waals surface area contributed by atoms with Gasteiger partial charge in [-0.15, -0.1) is 0 Å². The van der Waals surface area contributed by atoms with Crippen LogP contribution >= 0.6 is 0 Å². The standard InChI is InChI=1S/C24H30N4O4/c1-30-23-20(5-2-8-25-23)24(29)28-9-3-4-19(16-28)27-12-10-26(11-13-27)15-18-6-7-21-22(14-18)32-17-31-21/h2,5-8,14,19H,3-4,9-13,15-17H2,1H3/t19-/m1/s1. The maximum atomic E-state index is 13.1. The highest BCUT2D eigenvalue weighted by Gasteiger charge is 2.31. The fourth-order valence-corrected chi connectivity index (χ4v) is 4.91. The summed E-state index contributed by atoms with van der Waals surface area (Å²) in [5.74, 6) is 2.09. The second kappa shape index (κ2) is 9.34. The molecule has 1 aromatic heterocycles. The Kier molecular flexibility index (Phi) is 6.14. The molecule has 0 bridgehead atoms. The van der Waals surface area contributed by atoms with Gasteiger partial charge in [-0.3, -0.25) is 14.6 Å². The molecule has 8 nitrogen and oxygen atoms in total. The number of amides is 1. The van der Waals surface area contributed by atoms with Crippen LogP contribution in [0.5, 0.6) is 17.4 Å². The van der Waals surface area contributed by atoms with Crippen LogP contribution in [0.1, 0.15) is 28.8 Å². The summed E-state index contributed by atoms with van der Waals surface area (Å²) in [6, 6.07) is 10.2. The first-order valence-corrected chi connectivity index (χ1v) is 11.3. The number of fused-ring (bicyclic) bond motifs is 1. The lowest BCUT2D eigenvalue weighted by molar-refractivity contribution is 0.0405. The van der Waals surface area contributed by atoms with Gasteiger partial charge < -0.3 is 19.1 Å². The fourth-order valence-electron chi connectivity index (χ4n) is 4.91. The molecule has 0 saturated carbocycles. The molecule has 32 heavy (non-hydrogen) atoms. The summed E-state index contributed by atoms with van der Waals surface area (Å²) in [5.41, 5.74) is 1.80. The largest absolute Gasteiger partial charge is 0.480 e. The van der Waals surface area contributed by atoms with E-state index in [1.165, 1.54) is 5.56 Å². The minimum Gasteiger partial charge on any atom is -0.480 e. The molecule has 2 fully saturated rings. The second-order valence-corrected chi connectivity index (χ2v) is 8.61. The number of piperazine rings is 1. The van der Waals surface area contributed by atoms with Crippen LogP contribution in [0.4, 0.5) is 0 Å². The normalized spacial score (nSPS) is 21.5. The van der Waals surface area contributed by atoms with Crippen molar-refractivity contribution in [1.82, 2.24) is 19.7 Å². The third-order valence-electron chi connectivity index (χ3n) is 6.65. The highest BCUT2D eigenvalue weighted by Crippen LogP contribution is 2.33. The van der Waals surface area contributed by atoms with Crippen LogP contribution in [-0.2, 0) is 6.54 Å². The van der Waals surface area contributed by atoms with Crippen molar-refractivity contribution in [2.24, 2.45) is 0 Å². The summed E-state index contributed by atoms with van der Waals surface area (Å²) in [7, 11) is 1.56. The lowest BCUT2D eigenvalue weighted by Gasteiger charge is -2.43. The van der Waals surface area contributed by atoms with Gasteiger partial charge in [-0.1, -0.05) is 6.07 Å². The Morgan fingerprint density at radius 1 is 1.12 bits per heavy atom. The summed E-state index contributed by atoms with van der Waals surface area (Å²) < 4.78 is 16.2. The topological polar surface area (TPSA) is 67.4 Å². The zero-order valence-corrected chi connectivity index (χ0v) is 18.5.